The number of nitrogens with one attached hydrogen (secondary N) is 2. The number of nitrogens with zero attached hydrogens (tertiary/aromatic N) is 5. The largest absolute Gasteiger partial charge is 0.324 e. The Kier molecular flexibility index (Phi) is 7.87. The van der Waals surface area contributed by atoms with Gasteiger partial charge >= 0.3 is 6.03 Å². The van der Waals surface area contributed by atoms with Crippen LogP contribution in [-0.2, 0) is 18.3 Å². The first kappa shape index (κ1) is 28.8. The molecule has 1 saturated heterocycles. The number of hydrogen-bond donors (Lipinski definition) is 2. The minimum Gasteiger partial charge on any atom is -0.307 e. The van der Waals surface area contributed by atoms with E-state index in [0.717, 1.165) is 73.4 Å². The lowest BCUT2D eigenvalue weighted by Crippen LogP contribution is -2.47. The Morgan fingerprint density at radius 2 is 1.74 bits per heavy atom. The number of para-hydroxylation sites is 1. The molecule has 2 aromatic carbocycles. The molecule has 2 aliphatic rings. The highest BCUT2D eigenvalue weighted by atomic mass is 16.6. The molecule has 0 bridgehead atoms. The van der Waals surface area contributed by atoms with Gasteiger partial charge in [0.1, 0.15) is 11.5 Å². The number of hydrogen-bond acceptors (Lipinski definition) is 7. The highest BCUT2D eigenvalue weighted by molar-refractivity contribution is 6.00. The van der Waals surface area contributed by atoms with Crippen LogP contribution in [0.4, 0.5) is 16.3 Å². The summed E-state index contributed by atoms with van der Waals surface area (Å²) in [5, 5.41) is 18.7. The monoisotopic (exact) mass is 581 g/mol. The van der Waals surface area contributed by atoms with Gasteiger partial charge in [-0.15, -0.1) is 0 Å². The summed E-state index contributed by atoms with van der Waals surface area (Å²) in [5.74, 6) is 1.10. The van der Waals surface area contributed by atoms with Crippen molar-refractivity contribution < 1.29 is 14.2 Å². The highest BCUT2D eigenvalue weighted by Gasteiger charge is 2.37. The quantitative estimate of drug-likeness (QED) is 0.289. The van der Waals surface area contributed by atoms with Crippen LogP contribution in [0.2, 0.25) is 0 Å². The van der Waals surface area contributed by atoms with Crippen molar-refractivity contribution in [3.8, 4) is 5.69 Å². The Labute approximate surface area is 251 Å². The Morgan fingerprint density at radius 1 is 1.00 bits per heavy atom. The number of carbonyl (C=O) groups excluding carboxylic acids is 2. The van der Waals surface area contributed by atoms with Crippen LogP contribution in [0.5, 0.6) is 0 Å². The van der Waals surface area contributed by atoms with Gasteiger partial charge in [-0.3, -0.25) is 15.0 Å². The molecule has 4 aromatic rings. The zero-order valence-corrected chi connectivity index (χ0v) is 25.3. The number of urea groups is 1. The average Bonchev–Trinajstić information content (AvgIpc) is 3.64. The van der Waals surface area contributed by atoms with E-state index in [1.807, 2.05) is 55.5 Å². The summed E-state index contributed by atoms with van der Waals surface area (Å²) < 4.78 is 6.58. The van der Waals surface area contributed by atoms with Crippen molar-refractivity contribution in [2.45, 2.75) is 71.3 Å². The van der Waals surface area contributed by atoms with Gasteiger partial charge in [0.05, 0.1) is 17.4 Å². The molecule has 10 nitrogen and oxygen atoms in total. The van der Waals surface area contributed by atoms with Gasteiger partial charge < -0.3 is 5.32 Å². The molecule has 10 heteroatoms. The van der Waals surface area contributed by atoms with Gasteiger partial charge in [-0.1, -0.05) is 61.8 Å². The maximum atomic E-state index is 13.3. The molecule has 2 aromatic heterocycles. The highest BCUT2D eigenvalue weighted by Crippen LogP contribution is 2.30. The number of aromatic nitrogens is 4. The minimum atomic E-state index is -0.312. The first-order valence-electron chi connectivity index (χ1n) is 15.1. The Hall–Kier alpha value is -4.31. The van der Waals surface area contributed by atoms with Gasteiger partial charge in [0.15, 0.2) is 5.69 Å². The first-order valence-corrected chi connectivity index (χ1v) is 15.1. The minimum absolute atomic E-state index is 0.0276. The molecule has 0 saturated carbocycles. The van der Waals surface area contributed by atoms with E-state index in [1.54, 1.807) is 4.68 Å². The average molecular weight is 582 g/mol. The number of amides is 2. The van der Waals surface area contributed by atoms with E-state index in [2.05, 4.69) is 52.7 Å². The summed E-state index contributed by atoms with van der Waals surface area (Å²) in [4.78, 5) is 28.5. The second-order valence-corrected chi connectivity index (χ2v) is 12.8. The summed E-state index contributed by atoms with van der Waals surface area (Å²) >= 11 is 0. The lowest BCUT2D eigenvalue weighted by Gasteiger charge is -2.37. The van der Waals surface area contributed by atoms with E-state index < -0.39 is 0 Å². The molecule has 224 valence electrons. The molecule has 3 heterocycles. The molecule has 0 radical (unpaired) electrons. The van der Waals surface area contributed by atoms with Gasteiger partial charge in [0.25, 0.3) is 0 Å². The van der Waals surface area contributed by atoms with E-state index in [0.29, 0.717) is 23.1 Å². The summed E-state index contributed by atoms with van der Waals surface area (Å²) in [6.07, 6.45) is 4.31. The van der Waals surface area contributed by atoms with Gasteiger partial charge in [0.2, 0.25) is 5.78 Å². The van der Waals surface area contributed by atoms with Crippen molar-refractivity contribution in [2.24, 2.45) is 5.92 Å². The SMILES string of the molecule is Cc1ccc(-n2nc(C(C)(C)C)cc2NC(=O)Nc2ccccc2CC2CCN(C3CCc4nonc4C3=O)CC2)cc1. The number of fused-ring (bicyclic) bond motifs is 1. The number of carbonyl (C=O) groups is 2. The van der Waals surface area contributed by atoms with Crippen molar-refractivity contribution in [1.82, 2.24) is 25.0 Å². The second-order valence-electron chi connectivity index (χ2n) is 12.8. The van der Waals surface area contributed by atoms with Crippen LogP contribution in [-0.4, -0.2) is 55.9 Å². The third-order valence-corrected chi connectivity index (χ3v) is 8.61. The summed E-state index contributed by atoms with van der Waals surface area (Å²) in [7, 11) is 0. The lowest BCUT2D eigenvalue weighted by atomic mass is 9.86. The number of Topliss-reactive ketones (excluding diaryl/α,β-unsaturated/α-hetero) is 1. The molecular weight excluding hydrogens is 542 g/mol. The summed E-state index contributed by atoms with van der Waals surface area (Å²) in [6.45, 7) is 10.1. The summed E-state index contributed by atoms with van der Waals surface area (Å²) in [6, 6.07) is 17.6. The molecule has 6 rings (SSSR count). The van der Waals surface area contributed by atoms with E-state index in [9.17, 15) is 9.59 Å². The fraction of sp³-hybridized carbons (Fsp3) is 0.424. The van der Waals surface area contributed by atoms with Crippen LogP contribution in [0, 0.1) is 12.8 Å². The molecule has 1 aliphatic carbocycles. The lowest BCUT2D eigenvalue weighted by molar-refractivity contribution is 0.0700. The molecule has 1 atom stereocenters. The standard InChI is InChI=1S/C33H39N7O3/c1-21-9-11-24(12-10-21)40-29(20-28(36-40)33(2,3)4)35-32(42)34-25-8-6-5-7-23(25)19-22-15-17-39(18-16-22)27-14-13-26-30(31(27)41)38-43-37-26/h5-12,20,22,27H,13-19H2,1-4H3,(H2,34,35,42). The maximum absolute atomic E-state index is 13.3. The number of ketones is 1. The van der Waals surface area contributed by atoms with Crippen LogP contribution >= 0.6 is 0 Å². The number of likely N-dealkylation sites (tertiary alicyclic amines) is 1. The maximum Gasteiger partial charge on any atom is 0.324 e. The molecule has 1 aliphatic heterocycles. The third kappa shape index (κ3) is 6.24. The normalized spacial score (nSPS) is 18.0. The fourth-order valence-electron chi connectivity index (χ4n) is 6.06. The van der Waals surface area contributed by atoms with Crippen LogP contribution in [0.1, 0.15) is 73.0 Å². The smallest absolute Gasteiger partial charge is 0.307 e. The van der Waals surface area contributed by atoms with E-state index in [4.69, 9.17) is 9.73 Å². The number of rotatable bonds is 6. The van der Waals surface area contributed by atoms with E-state index >= 15 is 0 Å². The molecule has 43 heavy (non-hydrogen) atoms. The predicted octanol–water partition coefficient (Wildman–Crippen LogP) is 5.96. The number of aryl methyl sites for hydroxylation is 2. The van der Waals surface area contributed by atoms with Gasteiger partial charge in [-0.05, 0) is 87.0 Å². The molecule has 1 fully saturated rings. The first-order chi connectivity index (χ1) is 20.7. The van der Waals surface area contributed by atoms with E-state index in [1.165, 1.54) is 0 Å². The zero-order chi connectivity index (χ0) is 30.1. The van der Waals surface area contributed by atoms with Crippen LogP contribution in [0.3, 0.4) is 0 Å². The molecule has 0 spiro atoms. The van der Waals surface area contributed by atoms with Crippen molar-refractivity contribution in [1.29, 1.82) is 0 Å². The molecular formula is C33H39N7O3. The van der Waals surface area contributed by atoms with Crippen molar-refractivity contribution in [2.75, 3.05) is 23.7 Å². The van der Waals surface area contributed by atoms with E-state index in [-0.39, 0.29) is 23.3 Å². The fourth-order valence-corrected chi connectivity index (χ4v) is 6.06. The number of anilines is 2. The third-order valence-electron chi connectivity index (χ3n) is 8.61. The second kappa shape index (κ2) is 11.8. The summed E-state index contributed by atoms with van der Waals surface area (Å²) in [5.41, 5.74) is 5.74. The van der Waals surface area contributed by atoms with Crippen LogP contribution in [0.15, 0.2) is 59.2 Å². The predicted molar refractivity (Wildman–Crippen MR) is 165 cm³/mol. The molecule has 1 unspecified atom stereocenters. The van der Waals surface area contributed by atoms with Crippen molar-refractivity contribution >= 4 is 23.3 Å². The number of piperidine rings is 1. The number of benzene rings is 2. The Bertz CT molecular complexity index is 1610. The van der Waals surface area contributed by atoms with Crippen molar-refractivity contribution in [3.63, 3.8) is 0 Å². The van der Waals surface area contributed by atoms with Gasteiger partial charge in [-0.2, -0.15) is 5.10 Å². The molecule has 2 amide bonds. The Balaban J connectivity index is 1.10. The zero-order valence-electron chi connectivity index (χ0n) is 25.3. The van der Waals surface area contributed by atoms with Gasteiger partial charge in [0, 0.05) is 17.2 Å². The molecule has 2 N–H and O–H groups in total. The van der Waals surface area contributed by atoms with Gasteiger partial charge in [-0.25, -0.2) is 14.1 Å². The van der Waals surface area contributed by atoms with Crippen LogP contribution < -0.4 is 10.6 Å². The van der Waals surface area contributed by atoms with Crippen LogP contribution in [0.25, 0.3) is 5.69 Å². The topological polar surface area (TPSA) is 118 Å². The van der Waals surface area contributed by atoms with Crippen molar-refractivity contribution in [3.05, 3.63) is 82.8 Å². The Morgan fingerprint density at radius 3 is 2.49 bits per heavy atom.